The van der Waals surface area contributed by atoms with Crippen molar-refractivity contribution in [2.75, 3.05) is 26.4 Å². The number of rotatable bonds is 8. The Morgan fingerprint density at radius 3 is 1.35 bits per heavy atom. The number of benzene rings is 2. The first kappa shape index (κ1) is 23.2. The molecule has 2 aliphatic rings. The van der Waals surface area contributed by atoms with Gasteiger partial charge in [-0.3, -0.25) is 0 Å². The summed E-state index contributed by atoms with van der Waals surface area (Å²) in [5.41, 5.74) is 1.96. The first-order valence-electron chi connectivity index (χ1n) is 10.8. The molecule has 0 radical (unpaired) electrons. The van der Waals surface area contributed by atoms with Crippen molar-refractivity contribution < 1.29 is 27.1 Å². The second-order valence-corrected chi connectivity index (χ2v) is 10.2. The van der Waals surface area contributed by atoms with Gasteiger partial charge in [-0.1, -0.05) is 74.5 Å². The largest absolute Gasteiger partial charge is 0.333 e. The monoisotopic (exact) mass is 464 g/mol. The third kappa shape index (κ3) is 6.10. The summed E-state index contributed by atoms with van der Waals surface area (Å²) in [4.78, 5) is 0. The van der Waals surface area contributed by atoms with Gasteiger partial charge in [-0.05, 0) is 24.0 Å². The minimum Gasteiger partial charge on any atom is -0.311 e. The second kappa shape index (κ2) is 11.3. The van der Waals surface area contributed by atoms with E-state index < -0.39 is 17.2 Å². The van der Waals surface area contributed by atoms with E-state index in [9.17, 15) is 0 Å². The fraction of sp³-hybridized carbons (Fsp3) is 0.478. The van der Waals surface area contributed by atoms with Gasteiger partial charge in [0.15, 0.2) is 0 Å². The van der Waals surface area contributed by atoms with Crippen LogP contribution in [0.2, 0.25) is 0 Å². The van der Waals surface area contributed by atoms with Crippen molar-refractivity contribution in [2.24, 2.45) is 5.41 Å². The topological polar surface area (TPSA) is 55.4 Å². The molecule has 0 bridgehead atoms. The van der Waals surface area contributed by atoms with Crippen LogP contribution in [0.5, 0.6) is 0 Å². The smallest absolute Gasteiger partial charge is 0.311 e. The molecular weight excluding hydrogens is 434 g/mol. The third-order valence-corrected chi connectivity index (χ3v) is 7.63. The molecule has 2 fully saturated rings. The molecule has 2 aromatic rings. The van der Waals surface area contributed by atoms with E-state index >= 15 is 0 Å². The van der Waals surface area contributed by atoms with Gasteiger partial charge in [-0.25, -0.2) is 0 Å². The molecule has 8 heteroatoms. The summed E-state index contributed by atoms with van der Waals surface area (Å²) in [5.74, 6) is 0. The minimum absolute atomic E-state index is 0.0367. The average molecular weight is 464 g/mol. The predicted octanol–water partition coefficient (Wildman–Crippen LogP) is 6.86. The Kier molecular flexibility index (Phi) is 8.44. The minimum atomic E-state index is -1.39. The fourth-order valence-corrected chi connectivity index (χ4v) is 6.36. The van der Waals surface area contributed by atoms with Crippen LogP contribution < -0.4 is 0 Å². The molecule has 4 rings (SSSR count). The third-order valence-electron chi connectivity index (χ3n) is 5.42. The van der Waals surface area contributed by atoms with Gasteiger partial charge in [0, 0.05) is 0 Å². The van der Waals surface area contributed by atoms with Crippen LogP contribution in [0.15, 0.2) is 60.7 Å². The zero-order valence-electron chi connectivity index (χ0n) is 18.0. The summed E-state index contributed by atoms with van der Waals surface area (Å²) >= 11 is 0. The lowest BCUT2D eigenvalue weighted by Crippen LogP contribution is -2.44. The lowest BCUT2D eigenvalue weighted by atomic mass is 9.93. The maximum absolute atomic E-state index is 6.12. The van der Waals surface area contributed by atoms with Crippen molar-refractivity contribution in [3.63, 3.8) is 0 Å². The molecule has 6 nitrogen and oxygen atoms in total. The molecule has 2 atom stereocenters. The molecule has 0 aromatic heterocycles. The van der Waals surface area contributed by atoms with Crippen LogP contribution >= 0.6 is 17.2 Å². The molecule has 0 aliphatic carbocycles. The highest BCUT2D eigenvalue weighted by atomic mass is 31.2. The molecule has 31 heavy (non-hydrogen) atoms. The van der Waals surface area contributed by atoms with Gasteiger partial charge in [-0.15, -0.1) is 0 Å². The molecule has 2 aliphatic heterocycles. The van der Waals surface area contributed by atoms with Crippen LogP contribution in [0.1, 0.15) is 50.0 Å². The molecule has 2 aromatic carbocycles. The van der Waals surface area contributed by atoms with Crippen LogP contribution in [-0.2, 0) is 27.1 Å². The van der Waals surface area contributed by atoms with Gasteiger partial charge < -0.3 is 27.1 Å². The summed E-state index contributed by atoms with van der Waals surface area (Å²) in [6.07, 6.45) is 1.64. The second-order valence-electron chi connectivity index (χ2n) is 7.87. The Hall–Kier alpha value is -0.940. The van der Waals surface area contributed by atoms with E-state index in [1.807, 2.05) is 36.4 Å². The molecule has 0 N–H and O–H groups in total. The van der Waals surface area contributed by atoms with Crippen LogP contribution in [0.25, 0.3) is 0 Å². The van der Waals surface area contributed by atoms with E-state index in [-0.39, 0.29) is 17.6 Å². The van der Waals surface area contributed by atoms with Gasteiger partial charge in [-0.2, -0.15) is 0 Å². The lowest BCUT2D eigenvalue weighted by Gasteiger charge is -2.42. The summed E-state index contributed by atoms with van der Waals surface area (Å²) in [6.45, 7) is 6.16. The van der Waals surface area contributed by atoms with E-state index in [4.69, 9.17) is 27.1 Å². The van der Waals surface area contributed by atoms with Crippen molar-refractivity contribution >= 4 is 17.2 Å². The molecular formula is C23H30O6P2. The molecule has 2 heterocycles. The Bertz CT molecular complexity index is 706. The first-order valence-corrected chi connectivity index (χ1v) is 13.0. The Morgan fingerprint density at radius 2 is 1.03 bits per heavy atom. The SMILES string of the molecule is CCC(OP1OCC2(CO1)COP(OC(CC)c1ccccc1)OC2)c1ccccc1. The maximum atomic E-state index is 6.12. The first-order chi connectivity index (χ1) is 15.2. The number of hydrogen-bond acceptors (Lipinski definition) is 6. The van der Waals surface area contributed by atoms with E-state index in [2.05, 4.69) is 38.1 Å². The van der Waals surface area contributed by atoms with Crippen molar-refractivity contribution in [2.45, 2.75) is 38.9 Å². The van der Waals surface area contributed by atoms with Crippen LogP contribution in [0.3, 0.4) is 0 Å². The summed E-state index contributed by atoms with van der Waals surface area (Å²) < 4.78 is 36.1. The van der Waals surface area contributed by atoms with E-state index in [1.54, 1.807) is 0 Å². The van der Waals surface area contributed by atoms with Crippen LogP contribution in [0, 0.1) is 5.41 Å². The fourth-order valence-electron chi connectivity index (χ4n) is 3.49. The number of hydrogen-bond donors (Lipinski definition) is 0. The molecule has 0 amide bonds. The summed E-state index contributed by atoms with van der Waals surface area (Å²) in [5, 5.41) is 0. The van der Waals surface area contributed by atoms with Crippen molar-refractivity contribution in [3.8, 4) is 0 Å². The quantitative estimate of drug-likeness (QED) is 0.398. The Morgan fingerprint density at radius 1 is 0.677 bits per heavy atom. The van der Waals surface area contributed by atoms with Gasteiger partial charge in [0.2, 0.25) is 0 Å². The zero-order valence-corrected chi connectivity index (χ0v) is 19.8. The van der Waals surface area contributed by atoms with E-state index in [0.29, 0.717) is 26.4 Å². The average Bonchev–Trinajstić information content (AvgIpc) is 2.84. The van der Waals surface area contributed by atoms with Gasteiger partial charge in [0.05, 0.1) is 44.1 Å². The van der Waals surface area contributed by atoms with E-state index in [1.165, 1.54) is 0 Å². The van der Waals surface area contributed by atoms with Crippen molar-refractivity contribution in [1.82, 2.24) is 0 Å². The normalized spacial score (nSPS) is 28.3. The predicted molar refractivity (Wildman–Crippen MR) is 121 cm³/mol. The molecule has 1 spiro atoms. The van der Waals surface area contributed by atoms with Crippen molar-refractivity contribution in [3.05, 3.63) is 71.8 Å². The standard InChI is InChI=1S/C23H30O6P2/c1-3-21(19-11-7-5-8-12-19)28-30-24-15-23(16-25-30)17-26-31(27-18-23)29-22(4-2)20-13-9-6-10-14-20/h5-14,21-22H,3-4,15-18H2,1-2H3. The van der Waals surface area contributed by atoms with E-state index in [0.717, 1.165) is 24.0 Å². The summed E-state index contributed by atoms with van der Waals surface area (Å²) in [7, 11) is -2.77. The van der Waals surface area contributed by atoms with Crippen molar-refractivity contribution in [1.29, 1.82) is 0 Å². The van der Waals surface area contributed by atoms with Gasteiger partial charge in [0.1, 0.15) is 0 Å². The Balaban J connectivity index is 1.25. The highest BCUT2D eigenvalue weighted by molar-refractivity contribution is 7.42. The van der Waals surface area contributed by atoms with Gasteiger partial charge >= 0.3 is 17.2 Å². The maximum Gasteiger partial charge on any atom is 0.333 e. The molecule has 168 valence electrons. The van der Waals surface area contributed by atoms with Crippen LogP contribution in [-0.4, -0.2) is 26.4 Å². The lowest BCUT2D eigenvalue weighted by molar-refractivity contribution is -0.0823. The molecule has 2 unspecified atom stereocenters. The summed E-state index contributed by atoms with van der Waals surface area (Å²) in [6, 6.07) is 20.4. The molecule has 0 saturated carbocycles. The highest BCUT2D eigenvalue weighted by Crippen LogP contribution is 2.56. The molecule has 2 saturated heterocycles. The highest BCUT2D eigenvalue weighted by Gasteiger charge is 2.44. The Labute approximate surface area is 187 Å². The van der Waals surface area contributed by atoms with Crippen LogP contribution in [0.4, 0.5) is 0 Å². The zero-order chi connectivity index (χ0) is 21.5. The van der Waals surface area contributed by atoms with Gasteiger partial charge in [0.25, 0.3) is 0 Å².